The van der Waals surface area contributed by atoms with Crippen LogP contribution in [0.1, 0.15) is 18.1 Å². The van der Waals surface area contributed by atoms with Crippen LogP contribution >= 0.6 is 11.8 Å². The second-order valence-corrected chi connectivity index (χ2v) is 5.40. The molecule has 0 heterocycles. The van der Waals surface area contributed by atoms with Gasteiger partial charge in [-0.2, -0.15) is 0 Å². The number of para-hydroxylation sites is 1. The molecule has 19 heavy (non-hydrogen) atoms. The fourth-order valence-electron chi connectivity index (χ4n) is 1.89. The molecule has 0 aliphatic carbocycles. The number of nitrogens with two attached hydrogens (primary N) is 1. The molecule has 2 nitrogen and oxygen atoms in total. The zero-order valence-corrected chi connectivity index (χ0v) is 12.2. The van der Waals surface area contributed by atoms with Crippen molar-refractivity contribution in [3.63, 3.8) is 0 Å². The van der Waals surface area contributed by atoms with E-state index in [4.69, 9.17) is 10.5 Å². The highest BCUT2D eigenvalue weighted by atomic mass is 32.2. The fourth-order valence-corrected chi connectivity index (χ4v) is 2.83. The first-order valence-corrected chi connectivity index (χ1v) is 7.39. The third-order valence-corrected chi connectivity index (χ3v) is 3.95. The minimum absolute atomic E-state index is 0.635. The topological polar surface area (TPSA) is 35.2 Å². The van der Waals surface area contributed by atoms with E-state index in [-0.39, 0.29) is 0 Å². The number of thioether (sulfide) groups is 1. The number of anilines is 1. The second-order valence-electron chi connectivity index (χ2n) is 4.38. The van der Waals surface area contributed by atoms with Crippen molar-refractivity contribution in [2.75, 3.05) is 12.3 Å². The molecule has 0 saturated heterocycles. The summed E-state index contributed by atoms with van der Waals surface area (Å²) in [5.74, 6) is 1.69. The van der Waals surface area contributed by atoms with E-state index in [0.717, 1.165) is 22.1 Å². The maximum Gasteiger partial charge on any atom is 0.143 e. The van der Waals surface area contributed by atoms with Crippen LogP contribution in [0.3, 0.4) is 0 Å². The predicted molar refractivity (Wildman–Crippen MR) is 82.8 cm³/mol. The van der Waals surface area contributed by atoms with Gasteiger partial charge in [0.25, 0.3) is 0 Å². The molecule has 0 aromatic heterocycles. The van der Waals surface area contributed by atoms with Gasteiger partial charge in [-0.1, -0.05) is 35.9 Å². The normalized spacial score (nSPS) is 10.4. The summed E-state index contributed by atoms with van der Waals surface area (Å²) < 4.78 is 5.51. The zero-order valence-electron chi connectivity index (χ0n) is 11.3. The van der Waals surface area contributed by atoms with E-state index in [2.05, 4.69) is 31.2 Å². The van der Waals surface area contributed by atoms with Crippen molar-refractivity contribution in [1.29, 1.82) is 0 Å². The summed E-state index contributed by atoms with van der Waals surface area (Å²) in [6.07, 6.45) is 0. The molecule has 0 fully saturated rings. The van der Waals surface area contributed by atoms with E-state index in [1.165, 1.54) is 11.1 Å². The molecular weight excluding hydrogens is 254 g/mol. The molecule has 0 saturated carbocycles. The summed E-state index contributed by atoms with van der Waals surface area (Å²) in [5, 5.41) is 0. The molecule has 0 amide bonds. The van der Waals surface area contributed by atoms with Crippen LogP contribution in [0.4, 0.5) is 5.69 Å². The maximum absolute atomic E-state index is 6.12. The van der Waals surface area contributed by atoms with Crippen LogP contribution in [-0.2, 0) is 5.75 Å². The van der Waals surface area contributed by atoms with Gasteiger partial charge in [-0.15, -0.1) is 11.8 Å². The van der Waals surface area contributed by atoms with Crippen molar-refractivity contribution in [3.8, 4) is 5.75 Å². The summed E-state index contributed by atoms with van der Waals surface area (Å²) in [6.45, 7) is 4.71. The number of benzene rings is 2. The Balaban J connectivity index is 2.09. The summed E-state index contributed by atoms with van der Waals surface area (Å²) >= 11 is 1.74. The van der Waals surface area contributed by atoms with Gasteiger partial charge in [0, 0.05) is 10.6 Å². The lowest BCUT2D eigenvalue weighted by atomic mass is 10.2. The predicted octanol–water partition coefficient (Wildman–Crippen LogP) is 4.27. The molecule has 0 radical (unpaired) electrons. The van der Waals surface area contributed by atoms with Crippen LogP contribution in [0.25, 0.3) is 0 Å². The summed E-state index contributed by atoms with van der Waals surface area (Å²) in [6, 6.07) is 14.5. The van der Waals surface area contributed by atoms with Crippen LogP contribution in [0, 0.1) is 6.92 Å². The molecule has 0 aliphatic rings. The third-order valence-electron chi connectivity index (χ3n) is 2.80. The average molecular weight is 273 g/mol. The van der Waals surface area contributed by atoms with Crippen molar-refractivity contribution in [2.24, 2.45) is 0 Å². The van der Waals surface area contributed by atoms with Gasteiger partial charge in [0.2, 0.25) is 0 Å². The highest BCUT2D eigenvalue weighted by molar-refractivity contribution is 7.98. The van der Waals surface area contributed by atoms with E-state index in [1.807, 2.05) is 25.1 Å². The molecule has 0 aliphatic heterocycles. The third kappa shape index (κ3) is 3.67. The van der Waals surface area contributed by atoms with Gasteiger partial charge in [0.05, 0.1) is 12.3 Å². The van der Waals surface area contributed by atoms with Gasteiger partial charge in [-0.05, 0) is 31.5 Å². The minimum Gasteiger partial charge on any atom is -0.492 e. The summed E-state index contributed by atoms with van der Waals surface area (Å²) in [5.41, 5.74) is 9.45. The molecule has 0 unspecified atom stereocenters. The molecule has 2 aromatic carbocycles. The van der Waals surface area contributed by atoms with Gasteiger partial charge in [-0.25, -0.2) is 0 Å². The number of aryl methyl sites for hydroxylation is 1. The Kier molecular flexibility index (Phi) is 4.74. The molecule has 100 valence electrons. The van der Waals surface area contributed by atoms with Crippen molar-refractivity contribution >= 4 is 17.4 Å². The second kappa shape index (κ2) is 6.53. The fraction of sp³-hybridized carbons (Fsp3) is 0.250. The smallest absolute Gasteiger partial charge is 0.143 e. The first kappa shape index (κ1) is 13.8. The van der Waals surface area contributed by atoms with Crippen LogP contribution in [-0.4, -0.2) is 6.61 Å². The largest absolute Gasteiger partial charge is 0.492 e. The standard InChI is InChI=1S/C16H19NOS/c1-3-18-14-8-5-9-15(16(14)17)19-11-13-7-4-6-12(2)10-13/h4-10H,3,11,17H2,1-2H3. The van der Waals surface area contributed by atoms with Crippen LogP contribution in [0.15, 0.2) is 47.4 Å². The Bertz CT molecular complexity index is 554. The lowest BCUT2D eigenvalue weighted by Gasteiger charge is -2.11. The molecule has 2 rings (SSSR count). The lowest BCUT2D eigenvalue weighted by Crippen LogP contribution is -1.98. The van der Waals surface area contributed by atoms with Gasteiger partial charge >= 0.3 is 0 Å². The number of nitrogen functional groups attached to an aromatic ring is 1. The van der Waals surface area contributed by atoms with Gasteiger partial charge in [-0.3, -0.25) is 0 Å². The van der Waals surface area contributed by atoms with Crippen LogP contribution in [0.5, 0.6) is 5.75 Å². The first-order valence-electron chi connectivity index (χ1n) is 6.40. The van der Waals surface area contributed by atoms with E-state index in [1.54, 1.807) is 11.8 Å². The minimum atomic E-state index is 0.635. The molecule has 2 N–H and O–H groups in total. The summed E-state index contributed by atoms with van der Waals surface area (Å²) in [4.78, 5) is 1.08. The van der Waals surface area contributed by atoms with Crippen LogP contribution < -0.4 is 10.5 Å². The Morgan fingerprint density at radius 2 is 1.95 bits per heavy atom. The highest BCUT2D eigenvalue weighted by Crippen LogP contribution is 2.34. The van der Waals surface area contributed by atoms with Crippen molar-refractivity contribution < 1.29 is 4.74 Å². The van der Waals surface area contributed by atoms with Gasteiger partial charge < -0.3 is 10.5 Å². The average Bonchev–Trinajstić information content (AvgIpc) is 2.40. The van der Waals surface area contributed by atoms with E-state index in [0.29, 0.717) is 6.61 Å². The molecule has 3 heteroatoms. The Morgan fingerprint density at radius 1 is 1.16 bits per heavy atom. The molecule has 0 atom stereocenters. The number of hydrogen-bond donors (Lipinski definition) is 1. The number of rotatable bonds is 5. The zero-order chi connectivity index (χ0) is 13.7. The SMILES string of the molecule is CCOc1cccc(SCc2cccc(C)c2)c1N. The molecule has 2 aromatic rings. The van der Waals surface area contributed by atoms with Crippen molar-refractivity contribution in [3.05, 3.63) is 53.6 Å². The molecular formula is C16H19NOS. The molecule has 0 spiro atoms. The van der Waals surface area contributed by atoms with Crippen LogP contribution in [0.2, 0.25) is 0 Å². The summed E-state index contributed by atoms with van der Waals surface area (Å²) in [7, 11) is 0. The van der Waals surface area contributed by atoms with E-state index >= 15 is 0 Å². The van der Waals surface area contributed by atoms with Gasteiger partial charge in [0.15, 0.2) is 0 Å². The van der Waals surface area contributed by atoms with Crippen molar-refractivity contribution in [2.45, 2.75) is 24.5 Å². The Labute approximate surface area is 119 Å². The first-order chi connectivity index (χ1) is 9.20. The Hall–Kier alpha value is -1.61. The lowest BCUT2D eigenvalue weighted by molar-refractivity contribution is 0.341. The van der Waals surface area contributed by atoms with Gasteiger partial charge in [0.1, 0.15) is 5.75 Å². The number of hydrogen-bond acceptors (Lipinski definition) is 3. The van der Waals surface area contributed by atoms with Crippen molar-refractivity contribution in [1.82, 2.24) is 0 Å². The molecule has 0 bridgehead atoms. The maximum atomic E-state index is 6.12. The number of ether oxygens (including phenoxy) is 1. The Morgan fingerprint density at radius 3 is 2.68 bits per heavy atom. The highest BCUT2D eigenvalue weighted by Gasteiger charge is 2.06. The quantitative estimate of drug-likeness (QED) is 0.652. The monoisotopic (exact) mass is 273 g/mol. The van der Waals surface area contributed by atoms with E-state index < -0.39 is 0 Å². The van der Waals surface area contributed by atoms with E-state index in [9.17, 15) is 0 Å².